The standard InChI is InChI=1S/C18H18N4O2S/c1-3-24-14-10-8-13(9-11-14)12-19-22-17(20-21-18(22)25)15-6-4-5-7-16(15)23-2/h4-12H,3H2,1-2H3,(H,21,25)/b19-12+. The van der Waals surface area contributed by atoms with Gasteiger partial charge in [0.1, 0.15) is 11.5 Å². The summed E-state index contributed by atoms with van der Waals surface area (Å²) < 4.78 is 12.8. The second-order valence-electron chi connectivity index (χ2n) is 5.11. The minimum Gasteiger partial charge on any atom is -0.496 e. The zero-order valence-corrected chi connectivity index (χ0v) is 14.8. The summed E-state index contributed by atoms with van der Waals surface area (Å²) >= 11 is 5.29. The zero-order valence-electron chi connectivity index (χ0n) is 14.0. The number of hydrogen-bond acceptors (Lipinski definition) is 5. The smallest absolute Gasteiger partial charge is 0.216 e. The Morgan fingerprint density at radius 2 is 1.96 bits per heavy atom. The summed E-state index contributed by atoms with van der Waals surface area (Å²) in [6.07, 6.45) is 1.72. The van der Waals surface area contributed by atoms with Crippen molar-refractivity contribution in [2.75, 3.05) is 13.7 Å². The van der Waals surface area contributed by atoms with Gasteiger partial charge in [0.15, 0.2) is 5.82 Å². The molecule has 3 aromatic rings. The number of rotatable bonds is 6. The minimum atomic E-state index is 0.406. The second kappa shape index (κ2) is 7.76. The largest absolute Gasteiger partial charge is 0.496 e. The molecule has 2 aromatic carbocycles. The number of nitrogens with one attached hydrogen (secondary N) is 1. The number of methoxy groups -OCH3 is 1. The van der Waals surface area contributed by atoms with Gasteiger partial charge >= 0.3 is 0 Å². The molecule has 0 fully saturated rings. The van der Waals surface area contributed by atoms with Crippen LogP contribution in [0.25, 0.3) is 11.4 Å². The molecule has 0 unspecified atom stereocenters. The normalized spacial score (nSPS) is 11.0. The maximum Gasteiger partial charge on any atom is 0.216 e. The van der Waals surface area contributed by atoms with Crippen LogP contribution in [0.2, 0.25) is 0 Å². The number of ether oxygens (including phenoxy) is 2. The third-order valence-corrected chi connectivity index (χ3v) is 3.78. The molecule has 3 rings (SSSR count). The van der Waals surface area contributed by atoms with Gasteiger partial charge in [0, 0.05) is 0 Å². The van der Waals surface area contributed by atoms with Gasteiger partial charge < -0.3 is 9.47 Å². The fourth-order valence-corrected chi connectivity index (χ4v) is 2.52. The zero-order chi connectivity index (χ0) is 17.6. The summed E-state index contributed by atoms with van der Waals surface area (Å²) in [4.78, 5) is 0. The first kappa shape index (κ1) is 16.9. The first-order valence-electron chi connectivity index (χ1n) is 7.81. The molecule has 0 aliphatic rings. The molecule has 6 nitrogen and oxygen atoms in total. The Morgan fingerprint density at radius 3 is 2.68 bits per heavy atom. The molecular weight excluding hydrogens is 336 g/mol. The van der Waals surface area contributed by atoms with Crippen LogP contribution in [0.4, 0.5) is 0 Å². The van der Waals surface area contributed by atoms with E-state index in [9.17, 15) is 0 Å². The molecule has 0 spiro atoms. The van der Waals surface area contributed by atoms with Crippen LogP contribution in [0.1, 0.15) is 12.5 Å². The Kier molecular flexibility index (Phi) is 5.25. The van der Waals surface area contributed by atoms with Gasteiger partial charge in [-0.1, -0.05) is 12.1 Å². The lowest BCUT2D eigenvalue weighted by atomic mass is 10.2. The fraction of sp³-hybridized carbons (Fsp3) is 0.167. The van der Waals surface area contributed by atoms with Crippen LogP contribution >= 0.6 is 12.2 Å². The lowest BCUT2D eigenvalue weighted by Gasteiger charge is -2.07. The third-order valence-electron chi connectivity index (χ3n) is 3.51. The van der Waals surface area contributed by atoms with Crippen LogP contribution in [0.5, 0.6) is 11.5 Å². The van der Waals surface area contributed by atoms with Gasteiger partial charge in [-0.05, 0) is 61.1 Å². The van der Waals surface area contributed by atoms with Crippen LogP contribution in [-0.4, -0.2) is 34.8 Å². The molecule has 25 heavy (non-hydrogen) atoms. The summed E-state index contributed by atoms with van der Waals surface area (Å²) in [6.45, 7) is 2.59. The summed E-state index contributed by atoms with van der Waals surface area (Å²) in [6, 6.07) is 15.3. The first-order valence-corrected chi connectivity index (χ1v) is 8.21. The number of para-hydroxylation sites is 1. The molecule has 1 heterocycles. The number of benzene rings is 2. The molecule has 0 saturated heterocycles. The number of H-pyrrole nitrogens is 1. The number of aromatic nitrogens is 3. The van der Waals surface area contributed by atoms with Crippen LogP contribution in [0.3, 0.4) is 0 Å². The SMILES string of the molecule is CCOc1ccc(/C=N/n2c(-c3ccccc3OC)n[nH]c2=S)cc1. The van der Waals surface area contributed by atoms with E-state index < -0.39 is 0 Å². The molecule has 0 amide bonds. The van der Waals surface area contributed by atoms with E-state index in [4.69, 9.17) is 21.7 Å². The van der Waals surface area contributed by atoms with Crippen LogP contribution in [0, 0.1) is 4.77 Å². The average Bonchev–Trinajstić information content (AvgIpc) is 3.02. The van der Waals surface area contributed by atoms with E-state index in [0.29, 0.717) is 23.0 Å². The van der Waals surface area contributed by atoms with Crippen molar-refractivity contribution in [3.05, 3.63) is 58.9 Å². The highest BCUT2D eigenvalue weighted by molar-refractivity contribution is 7.71. The highest BCUT2D eigenvalue weighted by Gasteiger charge is 2.12. The van der Waals surface area contributed by atoms with Crippen molar-refractivity contribution < 1.29 is 9.47 Å². The Balaban J connectivity index is 1.93. The van der Waals surface area contributed by atoms with E-state index in [2.05, 4.69) is 15.3 Å². The van der Waals surface area contributed by atoms with Gasteiger partial charge in [-0.2, -0.15) is 14.9 Å². The minimum absolute atomic E-state index is 0.406. The summed E-state index contributed by atoms with van der Waals surface area (Å²) in [5, 5.41) is 11.5. The van der Waals surface area contributed by atoms with Gasteiger partial charge in [-0.25, -0.2) is 5.10 Å². The Morgan fingerprint density at radius 1 is 1.20 bits per heavy atom. The highest BCUT2D eigenvalue weighted by Crippen LogP contribution is 2.28. The van der Waals surface area contributed by atoms with Crippen molar-refractivity contribution >= 4 is 18.4 Å². The van der Waals surface area contributed by atoms with Gasteiger partial charge in [0.25, 0.3) is 0 Å². The van der Waals surface area contributed by atoms with Crippen LogP contribution in [0.15, 0.2) is 53.6 Å². The topological polar surface area (TPSA) is 64.4 Å². The maximum absolute atomic E-state index is 5.44. The van der Waals surface area contributed by atoms with Crippen molar-refractivity contribution in [2.24, 2.45) is 5.10 Å². The molecule has 1 aromatic heterocycles. The Labute approximate surface area is 150 Å². The quantitative estimate of drug-likeness (QED) is 0.539. The van der Waals surface area contributed by atoms with Crippen molar-refractivity contribution in [2.45, 2.75) is 6.92 Å². The molecule has 0 aliphatic heterocycles. The van der Waals surface area contributed by atoms with Gasteiger partial charge in [-0.15, -0.1) is 0 Å². The highest BCUT2D eigenvalue weighted by atomic mass is 32.1. The Bertz CT molecular complexity index is 929. The van der Waals surface area contributed by atoms with E-state index >= 15 is 0 Å². The summed E-state index contributed by atoms with van der Waals surface area (Å²) in [7, 11) is 1.62. The molecular formula is C18H18N4O2S. The predicted octanol–water partition coefficient (Wildman–Crippen LogP) is 3.90. The number of nitrogens with zero attached hydrogens (tertiary/aromatic N) is 3. The summed E-state index contributed by atoms with van der Waals surface area (Å²) in [5.41, 5.74) is 1.73. The van der Waals surface area contributed by atoms with Crippen LogP contribution < -0.4 is 9.47 Å². The van der Waals surface area contributed by atoms with E-state index in [0.717, 1.165) is 16.9 Å². The van der Waals surface area contributed by atoms with E-state index in [-0.39, 0.29) is 0 Å². The van der Waals surface area contributed by atoms with E-state index in [1.165, 1.54) is 0 Å². The van der Waals surface area contributed by atoms with Crippen molar-refractivity contribution in [3.8, 4) is 22.9 Å². The van der Waals surface area contributed by atoms with E-state index in [1.54, 1.807) is 18.0 Å². The summed E-state index contributed by atoms with van der Waals surface area (Å²) in [5.74, 6) is 2.12. The second-order valence-corrected chi connectivity index (χ2v) is 5.50. The van der Waals surface area contributed by atoms with Gasteiger partial charge in [0.05, 0.1) is 25.5 Å². The van der Waals surface area contributed by atoms with Crippen molar-refractivity contribution in [1.82, 2.24) is 14.9 Å². The van der Waals surface area contributed by atoms with E-state index in [1.807, 2.05) is 55.5 Å². The van der Waals surface area contributed by atoms with Gasteiger partial charge in [0.2, 0.25) is 4.77 Å². The molecule has 0 radical (unpaired) electrons. The molecule has 0 aliphatic carbocycles. The molecule has 1 N–H and O–H groups in total. The maximum atomic E-state index is 5.44. The molecule has 7 heteroatoms. The fourth-order valence-electron chi connectivity index (χ4n) is 2.34. The molecule has 128 valence electrons. The molecule has 0 atom stereocenters. The lowest BCUT2D eigenvalue weighted by Crippen LogP contribution is -1.97. The third kappa shape index (κ3) is 3.77. The average molecular weight is 354 g/mol. The van der Waals surface area contributed by atoms with Crippen molar-refractivity contribution in [1.29, 1.82) is 0 Å². The monoisotopic (exact) mass is 354 g/mol. The predicted molar refractivity (Wildman–Crippen MR) is 100 cm³/mol. The first-order chi connectivity index (χ1) is 12.2. The Hall–Kier alpha value is -2.93. The lowest BCUT2D eigenvalue weighted by molar-refractivity contribution is 0.340. The molecule has 0 bridgehead atoms. The van der Waals surface area contributed by atoms with Crippen molar-refractivity contribution in [3.63, 3.8) is 0 Å². The number of aromatic amines is 1. The van der Waals surface area contributed by atoms with Crippen LogP contribution in [-0.2, 0) is 0 Å². The number of hydrogen-bond donors (Lipinski definition) is 1. The van der Waals surface area contributed by atoms with Gasteiger partial charge in [-0.3, -0.25) is 0 Å². The molecule has 0 saturated carbocycles.